The SMILES string of the molecule is C=C/C=C(C)/C=C/C=C(/N=C)OC.CC. The molecule has 0 aromatic carbocycles. The van der Waals surface area contributed by atoms with E-state index in [0.717, 1.165) is 5.57 Å². The van der Waals surface area contributed by atoms with Crippen LogP contribution in [-0.4, -0.2) is 13.8 Å². The van der Waals surface area contributed by atoms with E-state index in [1.807, 2.05) is 39.0 Å². The highest BCUT2D eigenvalue weighted by Gasteiger charge is 1.83. The summed E-state index contributed by atoms with van der Waals surface area (Å²) in [5.74, 6) is 0.502. The van der Waals surface area contributed by atoms with Crippen molar-refractivity contribution in [2.24, 2.45) is 4.99 Å². The zero-order chi connectivity index (χ0) is 12.1. The molecule has 0 saturated carbocycles. The van der Waals surface area contributed by atoms with Crippen LogP contribution in [0, 0.1) is 0 Å². The monoisotopic (exact) mass is 207 g/mol. The Balaban J connectivity index is 0. The molecule has 0 saturated heterocycles. The quantitative estimate of drug-likeness (QED) is 0.381. The van der Waals surface area contributed by atoms with Crippen molar-refractivity contribution in [3.05, 3.63) is 48.4 Å². The average Bonchev–Trinajstić information content (AvgIpc) is 2.28. The van der Waals surface area contributed by atoms with Crippen molar-refractivity contribution in [2.45, 2.75) is 20.8 Å². The first-order chi connectivity index (χ1) is 7.24. The zero-order valence-corrected chi connectivity index (χ0v) is 10.2. The molecule has 0 heterocycles. The van der Waals surface area contributed by atoms with Crippen LogP contribution in [0.15, 0.2) is 53.4 Å². The summed E-state index contributed by atoms with van der Waals surface area (Å²) in [4.78, 5) is 3.65. The summed E-state index contributed by atoms with van der Waals surface area (Å²) in [6, 6.07) is 0. The Hall–Kier alpha value is -1.57. The van der Waals surface area contributed by atoms with E-state index in [0.29, 0.717) is 5.88 Å². The third-order valence-corrected chi connectivity index (χ3v) is 1.34. The van der Waals surface area contributed by atoms with Crippen LogP contribution in [0.1, 0.15) is 20.8 Å². The predicted octanol–water partition coefficient (Wildman–Crippen LogP) is 3.89. The number of hydrogen-bond donors (Lipinski definition) is 0. The Morgan fingerprint density at radius 2 is 1.87 bits per heavy atom. The molecule has 0 spiro atoms. The van der Waals surface area contributed by atoms with Gasteiger partial charge in [-0.1, -0.05) is 50.3 Å². The van der Waals surface area contributed by atoms with Crippen LogP contribution in [0.5, 0.6) is 0 Å². The van der Waals surface area contributed by atoms with Crippen LogP contribution in [0.2, 0.25) is 0 Å². The first kappa shape index (κ1) is 15.9. The highest BCUT2D eigenvalue weighted by Crippen LogP contribution is 1.99. The summed E-state index contributed by atoms with van der Waals surface area (Å²) in [6.07, 6.45) is 9.19. The van der Waals surface area contributed by atoms with Gasteiger partial charge >= 0.3 is 0 Å². The summed E-state index contributed by atoms with van der Waals surface area (Å²) in [5, 5.41) is 0. The molecular formula is C13H21NO. The van der Waals surface area contributed by atoms with Gasteiger partial charge in [0, 0.05) is 6.08 Å². The standard InChI is InChI=1S/C11H15NO.C2H6/c1-5-7-10(2)8-6-9-11(12-3)13-4;1-2/h5-9H,1,3H2,2,4H3;1-2H3/b8-6+,10-7+,11-9-;. The van der Waals surface area contributed by atoms with Gasteiger partial charge < -0.3 is 4.74 Å². The predicted molar refractivity (Wildman–Crippen MR) is 69.1 cm³/mol. The lowest BCUT2D eigenvalue weighted by molar-refractivity contribution is 0.289. The molecule has 2 heteroatoms. The molecule has 0 aromatic heterocycles. The van der Waals surface area contributed by atoms with Crippen molar-refractivity contribution in [3.63, 3.8) is 0 Å². The Bertz CT molecular complexity index is 260. The third kappa shape index (κ3) is 10.4. The minimum atomic E-state index is 0.502. The summed E-state index contributed by atoms with van der Waals surface area (Å²) >= 11 is 0. The van der Waals surface area contributed by atoms with E-state index in [-0.39, 0.29) is 0 Å². The number of methoxy groups -OCH3 is 1. The van der Waals surface area contributed by atoms with Crippen LogP contribution >= 0.6 is 0 Å². The maximum atomic E-state index is 4.88. The van der Waals surface area contributed by atoms with Gasteiger partial charge in [-0.15, -0.1) is 0 Å². The lowest BCUT2D eigenvalue weighted by Gasteiger charge is -1.94. The van der Waals surface area contributed by atoms with Gasteiger partial charge in [0.25, 0.3) is 0 Å². The normalized spacial score (nSPS) is 11.7. The maximum absolute atomic E-state index is 4.88. The second-order valence-corrected chi connectivity index (χ2v) is 2.37. The number of rotatable bonds is 5. The molecule has 0 unspecified atom stereocenters. The summed E-state index contributed by atoms with van der Waals surface area (Å²) in [5.41, 5.74) is 1.12. The fraction of sp³-hybridized carbons (Fsp3) is 0.308. The third-order valence-electron chi connectivity index (χ3n) is 1.34. The van der Waals surface area contributed by atoms with E-state index in [2.05, 4.69) is 18.3 Å². The fourth-order valence-electron chi connectivity index (χ4n) is 0.709. The van der Waals surface area contributed by atoms with Crippen LogP contribution < -0.4 is 0 Å². The van der Waals surface area contributed by atoms with E-state index < -0.39 is 0 Å². The van der Waals surface area contributed by atoms with Gasteiger partial charge in [0.15, 0.2) is 0 Å². The topological polar surface area (TPSA) is 21.6 Å². The summed E-state index contributed by atoms with van der Waals surface area (Å²) < 4.78 is 4.88. The van der Waals surface area contributed by atoms with E-state index >= 15 is 0 Å². The number of aliphatic imine (C=N–C) groups is 1. The van der Waals surface area contributed by atoms with Gasteiger partial charge in [-0.25, -0.2) is 4.99 Å². The van der Waals surface area contributed by atoms with Crippen molar-refractivity contribution in [1.29, 1.82) is 0 Å². The molecule has 0 aliphatic rings. The van der Waals surface area contributed by atoms with Crippen LogP contribution in [-0.2, 0) is 4.74 Å². The van der Waals surface area contributed by atoms with Crippen molar-refractivity contribution in [3.8, 4) is 0 Å². The largest absolute Gasteiger partial charge is 0.481 e. The first-order valence-electron chi connectivity index (χ1n) is 4.93. The zero-order valence-electron chi connectivity index (χ0n) is 10.2. The van der Waals surface area contributed by atoms with E-state index in [9.17, 15) is 0 Å². The van der Waals surface area contributed by atoms with Gasteiger partial charge in [0.2, 0.25) is 5.88 Å². The van der Waals surface area contributed by atoms with Crippen molar-refractivity contribution < 1.29 is 4.74 Å². The fourth-order valence-corrected chi connectivity index (χ4v) is 0.709. The molecule has 0 aromatic rings. The Kier molecular flexibility index (Phi) is 13.2. The first-order valence-corrected chi connectivity index (χ1v) is 4.93. The van der Waals surface area contributed by atoms with Gasteiger partial charge in [-0.05, 0) is 13.6 Å². The summed E-state index contributed by atoms with van der Waals surface area (Å²) in [6.45, 7) is 12.9. The molecule has 84 valence electrons. The van der Waals surface area contributed by atoms with Gasteiger partial charge in [0.1, 0.15) is 0 Å². The number of hydrogen-bond acceptors (Lipinski definition) is 2. The molecule has 0 rings (SSSR count). The van der Waals surface area contributed by atoms with Gasteiger partial charge in [-0.2, -0.15) is 0 Å². The molecular weight excluding hydrogens is 186 g/mol. The molecule has 0 amide bonds. The number of ether oxygens (including phenoxy) is 1. The molecule has 0 aliphatic heterocycles. The molecule has 0 N–H and O–H groups in total. The lowest BCUT2D eigenvalue weighted by Crippen LogP contribution is -1.78. The van der Waals surface area contributed by atoms with Crippen molar-refractivity contribution in [1.82, 2.24) is 0 Å². The van der Waals surface area contributed by atoms with Gasteiger partial charge in [0.05, 0.1) is 7.11 Å². The van der Waals surface area contributed by atoms with E-state index in [1.165, 1.54) is 0 Å². The smallest absolute Gasteiger partial charge is 0.212 e. The maximum Gasteiger partial charge on any atom is 0.212 e. The Morgan fingerprint density at radius 1 is 1.27 bits per heavy atom. The molecule has 0 fully saturated rings. The molecule has 15 heavy (non-hydrogen) atoms. The summed E-state index contributed by atoms with van der Waals surface area (Å²) in [7, 11) is 1.56. The van der Waals surface area contributed by atoms with Crippen molar-refractivity contribution in [2.75, 3.05) is 7.11 Å². The van der Waals surface area contributed by atoms with Gasteiger partial charge in [-0.3, -0.25) is 0 Å². The van der Waals surface area contributed by atoms with Crippen LogP contribution in [0.4, 0.5) is 0 Å². The second-order valence-electron chi connectivity index (χ2n) is 2.37. The second kappa shape index (κ2) is 12.4. The number of nitrogens with zero attached hydrogens (tertiary/aromatic N) is 1. The average molecular weight is 207 g/mol. The van der Waals surface area contributed by atoms with E-state index in [4.69, 9.17) is 4.74 Å². The Morgan fingerprint density at radius 3 is 2.27 bits per heavy atom. The molecule has 0 aliphatic carbocycles. The molecule has 2 nitrogen and oxygen atoms in total. The Labute approximate surface area is 93.4 Å². The molecule has 0 bridgehead atoms. The molecule has 0 radical (unpaired) electrons. The molecule has 0 atom stereocenters. The van der Waals surface area contributed by atoms with Crippen LogP contribution in [0.25, 0.3) is 0 Å². The van der Waals surface area contributed by atoms with Crippen molar-refractivity contribution >= 4 is 6.72 Å². The van der Waals surface area contributed by atoms with E-state index in [1.54, 1.807) is 19.3 Å². The lowest BCUT2D eigenvalue weighted by atomic mass is 10.2. The minimum Gasteiger partial charge on any atom is -0.481 e. The highest BCUT2D eigenvalue weighted by molar-refractivity contribution is 5.29. The highest BCUT2D eigenvalue weighted by atomic mass is 16.5. The number of allylic oxidation sites excluding steroid dienone is 6. The minimum absolute atomic E-state index is 0.502. The van der Waals surface area contributed by atoms with Crippen LogP contribution in [0.3, 0.4) is 0 Å².